The van der Waals surface area contributed by atoms with Crippen LogP contribution in [0.5, 0.6) is 0 Å². The lowest BCUT2D eigenvalue weighted by molar-refractivity contribution is -0.0390. The molecule has 5 nitrogen and oxygen atoms in total. The van der Waals surface area contributed by atoms with Gasteiger partial charge in [-0.3, -0.25) is 4.99 Å². The van der Waals surface area contributed by atoms with Crippen molar-refractivity contribution >= 4 is 29.9 Å². The second-order valence-corrected chi connectivity index (χ2v) is 8.72. The summed E-state index contributed by atoms with van der Waals surface area (Å²) < 4.78 is 11.5. The third-order valence-electron chi connectivity index (χ3n) is 6.71. The summed E-state index contributed by atoms with van der Waals surface area (Å²) in [5.74, 6) is 1.05. The van der Waals surface area contributed by atoms with E-state index in [1.165, 1.54) is 49.8 Å². The topological polar surface area (TPSA) is 46.1 Å². The average molecular weight is 513 g/mol. The van der Waals surface area contributed by atoms with Crippen LogP contribution in [0.2, 0.25) is 0 Å². The smallest absolute Gasteiger partial charge is 0.193 e. The Hall–Kier alpha value is -0.860. The average Bonchev–Trinajstić information content (AvgIpc) is 3.38. The Morgan fingerprint density at radius 1 is 1.21 bits per heavy atom. The van der Waals surface area contributed by atoms with Crippen LogP contribution in [0.4, 0.5) is 0 Å². The molecule has 162 valence electrons. The lowest BCUT2D eigenvalue weighted by Crippen LogP contribution is -2.40. The summed E-state index contributed by atoms with van der Waals surface area (Å²) in [6.07, 6.45) is 9.29. The van der Waals surface area contributed by atoms with Gasteiger partial charge < -0.3 is 19.7 Å². The molecule has 0 atom stereocenters. The van der Waals surface area contributed by atoms with Crippen LogP contribution in [0.25, 0.3) is 0 Å². The van der Waals surface area contributed by atoms with E-state index in [9.17, 15) is 0 Å². The Morgan fingerprint density at radius 3 is 2.72 bits per heavy atom. The Bertz CT molecular complexity index is 670. The number of nitrogens with one attached hydrogen (secondary N) is 1. The molecule has 0 aromatic heterocycles. The Kier molecular flexibility index (Phi) is 8.62. The molecule has 1 aromatic rings. The number of ether oxygens (including phenoxy) is 2. The fourth-order valence-electron chi connectivity index (χ4n) is 5.05. The van der Waals surface area contributed by atoms with Gasteiger partial charge in [0.05, 0.1) is 12.7 Å². The van der Waals surface area contributed by atoms with Gasteiger partial charge in [-0.05, 0) is 48.6 Å². The molecule has 2 aliphatic heterocycles. The van der Waals surface area contributed by atoms with Crippen molar-refractivity contribution in [2.75, 3.05) is 33.4 Å². The van der Waals surface area contributed by atoms with Gasteiger partial charge in [0.25, 0.3) is 0 Å². The number of guanidine groups is 1. The first-order valence-corrected chi connectivity index (χ1v) is 11.0. The zero-order chi connectivity index (χ0) is 19.2. The van der Waals surface area contributed by atoms with Crippen LogP contribution in [0.3, 0.4) is 0 Å². The predicted molar refractivity (Wildman–Crippen MR) is 128 cm³/mol. The van der Waals surface area contributed by atoms with Gasteiger partial charge in [0.1, 0.15) is 0 Å². The van der Waals surface area contributed by atoms with Gasteiger partial charge in [-0.2, -0.15) is 0 Å². The number of hydrogen-bond donors (Lipinski definition) is 1. The van der Waals surface area contributed by atoms with E-state index in [1.54, 1.807) is 0 Å². The van der Waals surface area contributed by atoms with Gasteiger partial charge in [0.15, 0.2) is 5.96 Å². The summed E-state index contributed by atoms with van der Waals surface area (Å²) in [6, 6.07) is 8.72. The molecule has 3 fully saturated rings. The molecule has 1 N–H and O–H groups in total. The van der Waals surface area contributed by atoms with E-state index >= 15 is 0 Å². The fraction of sp³-hybridized carbons (Fsp3) is 0.696. The van der Waals surface area contributed by atoms with E-state index in [2.05, 4.69) is 39.5 Å². The van der Waals surface area contributed by atoms with Crippen molar-refractivity contribution in [1.29, 1.82) is 0 Å². The van der Waals surface area contributed by atoms with E-state index in [0.717, 1.165) is 45.1 Å². The van der Waals surface area contributed by atoms with Crippen LogP contribution in [0.15, 0.2) is 29.3 Å². The van der Waals surface area contributed by atoms with E-state index < -0.39 is 0 Å². The molecule has 0 unspecified atom stereocenters. The van der Waals surface area contributed by atoms with Crippen molar-refractivity contribution < 1.29 is 9.47 Å². The molecule has 1 aliphatic carbocycles. The number of hydrogen-bond acceptors (Lipinski definition) is 3. The molecular formula is C23H36IN3O2. The second kappa shape index (κ2) is 11.0. The quantitative estimate of drug-likeness (QED) is 0.362. The van der Waals surface area contributed by atoms with Gasteiger partial charge in [0, 0.05) is 39.9 Å². The summed E-state index contributed by atoms with van der Waals surface area (Å²) >= 11 is 0. The van der Waals surface area contributed by atoms with Crippen molar-refractivity contribution in [3.05, 3.63) is 35.4 Å². The highest BCUT2D eigenvalue weighted by Gasteiger charge is 2.41. The van der Waals surface area contributed by atoms with Gasteiger partial charge >= 0.3 is 0 Å². The summed E-state index contributed by atoms with van der Waals surface area (Å²) in [7, 11) is 1.90. The van der Waals surface area contributed by atoms with Crippen molar-refractivity contribution in [2.24, 2.45) is 10.4 Å². The van der Waals surface area contributed by atoms with E-state index in [4.69, 9.17) is 9.47 Å². The predicted octanol–water partition coefficient (Wildman–Crippen LogP) is 4.34. The van der Waals surface area contributed by atoms with Gasteiger partial charge in [0.2, 0.25) is 0 Å². The summed E-state index contributed by atoms with van der Waals surface area (Å²) in [5, 5.41) is 3.59. The Balaban J connectivity index is 0.00000240. The van der Waals surface area contributed by atoms with Crippen molar-refractivity contribution in [3.8, 4) is 0 Å². The second-order valence-electron chi connectivity index (χ2n) is 8.72. The zero-order valence-corrected chi connectivity index (χ0v) is 20.0. The fourth-order valence-corrected chi connectivity index (χ4v) is 5.05. The number of nitrogens with zero attached hydrogens (tertiary/aromatic N) is 2. The third kappa shape index (κ3) is 6.07. The molecule has 1 spiro atoms. The van der Waals surface area contributed by atoms with E-state index in [1.807, 2.05) is 7.05 Å². The molecule has 29 heavy (non-hydrogen) atoms. The summed E-state index contributed by atoms with van der Waals surface area (Å²) in [5.41, 5.74) is 3.09. The van der Waals surface area contributed by atoms with Crippen molar-refractivity contribution in [3.63, 3.8) is 0 Å². The van der Waals surface area contributed by atoms with Crippen molar-refractivity contribution in [2.45, 2.75) is 64.2 Å². The van der Waals surface area contributed by atoms with Crippen LogP contribution < -0.4 is 5.32 Å². The van der Waals surface area contributed by atoms with Crippen LogP contribution in [-0.4, -0.2) is 50.3 Å². The van der Waals surface area contributed by atoms with Gasteiger partial charge in [-0.25, -0.2) is 0 Å². The van der Waals surface area contributed by atoms with E-state index in [0.29, 0.717) is 18.1 Å². The largest absolute Gasteiger partial charge is 0.381 e. The standard InChI is InChI=1S/C23H35N3O2.HI/c1-24-22(26-12-11-23(18-26)9-2-3-10-23)25-16-19-5-4-6-20(15-19)17-28-21-7-13-27-14-8-21;/h4-6,15,21H,2-3,7-14,16-18H2,1H3,(H,24,25);1H. The number of rotatable bonds is 5. The molecule has 0 bridgehead atoms. The summed E-state index contributed by atoms with van der Waals surface area (Å²) in [6.45, 7) is 5.45. The minimum atomic E-state index is 0. The van der Waals surface area contributed by atoms with Crippen LogP contribution in [-0.2, 0) is 22.6 Å². The number of halogens is 1. The van der Waals surface area contributed by atoms with Crippen LogP contribution in [0.1, 0.15) is 56.1 Å². The Labute approximate surface area is 192 Å². The Morgan fingerprint density at radius 2 is 1.97 bits per heavy atom. The normalized spacial score (nSPS) is 22.1. The highest BCUT2D eigenvalue weighted by Crippen LogP contribution is 2.45. The SMILES string of the molecule is CN=C(NCc1cccc(COC2CCOCC2)c1)N1CCC2(CCCC2)C1.I. The highest BCUT2D eigenvalue weighted by molar-refractivity contribution is 14.0. The lowest BCUT2D eigenvalue weighted by Gasteiger charge is -2.26. The molecule has 0 radical (unpaired) electrons. The maximum absolute atomic E-state index is 6.07. The minimum Gasteiger partial charge on any atom is -0.381 e. The first kappa shape index (κ1) is 22.8. The first-order chi connectivity index (χ1) is 13.8. The molecule has 3 aliphatic rings. The molecule has 1 saturated carbocycles. The molecule has 0 amide bonds. The highest BCUT2D eigenvalue weighted by atomic mass is 127. The van der Waals surface area contributed by atoms with Crippen LogP contribution in [0, 0.1) is 5.41 Å². The monoisotopic (exact) mass is 513 g/mol. The molecule has 1 aromatic carbocycles. The van der Waals surface area contributed by atoms with Gasteiger partial charge in [-0.1, -0.05) is 37.1 Å². The number of aliphatic imine (C=N–C) groups is 1. The number of benzene rings is 1. The number of likely N-dealkylation sites (tertiary alicyclic amines) is 1. The molecule has 4 rings (SSSR count). The summed E-state index contributed by atoms with van der Waals surface area (Å²) in [4.78, 5) is 7.02. The van der Waals surface area contributed by atoms with Crippen molar-refractivity contribution in [1.82, 2.24) is 10.2 Å². The van der Waals surface area contributed by atoms with E-state index in [-0.39, 0.29) is 24.0 Å². The molecule has 2 heterocycles. The maximum Gasteiger partial charge on any atom is 0.193 e. The minimum absolute atomic E-state index is 0. The molecule has 6 heteroatoms. The third-order valence-corrected chi connectivity index (χ3v) is 6.71. The van der Waals surface area contributed by atoms with Crippen LogP contribution >= 0.6 is 24.0 Å². The molecule has 2 saturated heterocycles. The lowest BCUT2D eigenvalue weighted by atomic mass is 9.86. The molecular weight excluding hydrogens is 477 g/mol. The maximum atomic E-state index is 6.07. The zero-order valence-electron chi connectivity index (χ0n) is 17.7. The van der Waals surface area contributed by atoms with Gasteiger partial charge in [-0.15, -0.1) is 24.0 Å². The first-order valence-electron chi connectivity index (χ1n) is 11.0.